The molecule has 3 aromatic rings. The number of fused-ring (bicyclic) bond motifs is 1. The Morgan fingerprint density at radius 3 is 2.71 bits per heavy atom. The van der Waals surface area contributed by atoms with Gasteiger partial charge in [0.2, 0.25) is 5.69 Å². The van der Waals surface area contributed by atoms with Crippen LogP contribution in [0.2, 0.25) is 0 Å². The highest BCUT2D eigenvalue weighted by molar-refractivity contribution is 5.95. The van der Waals surface area contributed by atoms with E-state index in [1.54, 1.807) is 18.2 Å². The van der Waals surface area contributed by atoms with Crippen LogP contribution in [0.25, 0.3) is 10.8 Å². The molecule has 8 nitrogen and oxygen atoms in total. The first-order valence-corrected chi connectivity index (χ1v) is 5.85. The van der Waals surface area contributed by atoms with E-state index in [4.69, 9.17) is 5.11 Å². The van der Waals surface area contributed by atoms with E-state index >= 15 is 0 Å². The zero-order chi connectivity index (χ0) is 14.8. The monoisotopic (exact) mass is 284 g/mol. The van der Waals surface area contributed by atoms with Gasteiger partial charge in [-0.3, -0.25) is 0 Å². The van der Waals surface area contributed by atoms with Crippen LogP contribution in [0.4, 0.5) is 11.5 Å². The average molecular weight is 284 g/mol. The number of aromatic nitrogens is 2. The van der Waals surface area contributed by atoms with Crippen molar-refractivity contribution in [2.45, 2.75) is 0 Å². The maximum absolute atomic E-state index is 10.9. The summed E-state index contributed by atoms with van der Waals surface area (Å²) < 4.78 is 4.32. The summed E-state index contributed by atoms with van der Waals surface area (Å²) in [5.41, 5.74) is -0.231. The lowest BCUT2D eigenvalue weighted by atomic mass is 10.1. The molecular formula is C13H8N4O4. The summed E-state index contributed by atoms with van der Waals surface area (Å²) in [5.74, 6) is -1.67. The minimum atomic E-state index is -1.33. The van der Waals surface area contributed by atoms with Crippen molar-refractivity contribution in [2.75, 3.05) is 0 Å². The lowest BCUT2D eigenvalue weighted by Gasteiger charge is -2.02. The number of aromatic hydroxyl groups is 1. The van der Waals surface area contributed by atoms with E-state index in [1.165, 1.54) is 6.07 Å². The molecule has 1 aromatic heterocycles. The van der Waals surface area contributed by atoms with Crippen molar-refractivity contribution < 1.29 is 19.6 Å². The standard InChI is InChI=1S/C13H8N4O4/c18-9-6-5-7-3-1-2-4-8(7)10(9)14-15-12-11(13(19)20)16-21-17-12/h1-6,18H,(H,19,20). The minimum Gasteiger partial charge on any atom is -0.506 e. The fourth-order valence-electron chi connectivity index (χ4n) is 1.83. The quantitative estimate of drug-likeness (QED) is 0.713. The van der Waals surface area contributed by atoms with Crippen molar-refractivity contribution in [3.05, 3.63) is 42.1 Å². The number of azo groups is 1. The van der Waals surface area contributed by atoms with Crippen LogP contribution in [0, 0.1) is 0 Å². The molecule has 8 heteroatoms. The first-order chi connectivity index (χ1) is 10.2. The number of phenols is 1. The third kappa shape index (κ3) is 2.29. The molecule has 0 aliphatic rings. The van der Waals surface area contributed by atoms with Crippen LogP contribution in [0.15, 0.2) is 51.3 Å². The van der Waals surface area contributed by atoms with Gasteiger partial charge in [-0.05, 0) is 21.8 Å². The second-order valence-corrected chi connectivity index (χ2v) is 4.10. The van der Waals surface area contributed by atoms with Gasteiger partial charge in [-0.25, -0.2) is 9.42 Å². The first kappa shape index (κ1) is 12.7. The van der Waals surface area contributed by atoms with Crippen molar-refractivity contribution in [2.24, 2.45) is 10.2 Å². The van der Waals surface area contributed by atoms with E-state index in [0.717, 1.165) is 5.39 Å². The number of carbonyl (C=O) groups is 1. The lowest BCUT2D eigenvalue weighted by Crippen LogP contribution is -1.95. The summed E-state index contributed by atoms with van der Waals surface area (Å²) in [4.78, 5) is 10.9. The number of nitrogens with zero attached hydrogens (tertiary/aromatic N) is 4. The molecule has 0 saturated heterocycles. The molecule has 0 atom stereocenters. The Morgan fingerprint density at radius 1 is 1.10 bits per heavy atom. The van der Waals surface area contributed by atoms with Crippen LogP contribution < -0.4 is 0 Å². The maximum Gasteiger partial charge on any atom is 0.362 e. The number of phenolic OH excluding ortho intramolecular Hbond substituents is 1. The molecule has 0 aliphatic heterocycles. The van der Waals surface area contributed by atoms with Gasteiger partial charge in [0.05, 0.1) is 0 Å². The fraction of sp³-hybridized carbons (Fsp3) is 0. The highest BCUT2D eigenvalue weighted by Crippen LogP contribution is 2.35. The number of carboxylic acid groups (broad SMARTS) is 1. The average Bonchev–Trinajstić information content (AvgIpc) is 2.95. The summed E-state index contributed by atoms with van der Waals surface area (Å²) in [6.45, 7) is 0. The molecule has 0 fully saturated rings. The fourth-order valence-corrected chi connectivity index (χ4v) is 1.83. The molecule has 2 N–H and O–H groups in total. The van der Waals surface area contributed by atoms with Crippen LogP contribution in [-0.4, -0.2) is 26.5 Å². The summed E-state index contributed by atoms with van der Waals surface area (Å²) in [7, 11) is 0. The predicted molar refractivity (Wildman–Crippen MR) is 71.0 cm³/mol. The van der Waals surface area contributed by atoms with E-state index in [1.807, 2.05) is 12.1 Å². The van der Waals surface area contributed by atoms with Gasteiger partial charge in [-0.15, -0.1) is 10.2 Å². The van der Waals surface area contributed by atoms with E-state index in [9.17, 15) is 9.90 Å². The largest absolute Gasteiger partial charge is 0.506 e. The Labute approximate surface area is 117 Å². The van der Waals surface area contributed by atoms with E-state index < -0.39 is 11.7 Å². The molecule has 0 unspecified atom stereocenters. The van der Waals surface area contributed by atoms with Gasteiger partial charge >= 0.3 is 5.97 Å². The summed E-state index contributed by atoms with van der Waals surface area (Å²) >= 11 is 0. The zero-order valence-electron chi connectivity index (χ0n) is 10.5. The molecule has 0 radical (unpaired) electrons. The Kier molecular flexibility index (Phi) is 3.03. The highest BCUT2D eigenvalue weighted by atomic mass is 16.6. The van der Waals surface area contributed by atoms with Gasteiger partial charge in [0.25, 0.3) is 5.82 Å². The molecule has 0 aliphatic carbocycles. The topological polar surface area (TPSA) is 121 Å². The van der Waals surface area contributed by atoms with Gasteiger partial charge in [0.15, 0.2) is 0 Å². The van der Waals surface area contributed by atoms with Gasteiger partial charge in [-0.1, -0.05) is 30.3 Å². The molecule has 2 aromatic carbocycles. The molecule has 0 spiro atoms. The maximum atomic E-state index is 10.9. The van der Waals surface area contributed by atoms with E-state index in [2.05, 4.69) is 25.2 Å². The van der Waals surface area contributed by atoms with Crippen LogP contribution in [0.1, 0.15) is 10.5 Å². The van der Waals surface area contributed by atoms with E-state index in [0.29, 0.717) is 5.39 Å². The number of hydrogen-bond donors (Lipinski definition) is 2. The number of carboxylic acids is 1. The first-order valence-electron chi connectivity index (χ1n) is 5.85. The van der Waals surface area contributed by atoms with Crippen LogP contribution >= 0.6 is 0 Å². The number of aromatic carboxylic acids is 1. The summed E-state index contributed by atoms with van der Waals surface area (Å²) in [6, 6.07) is 10.5. The van der Waals surface area contributed by atoms with Crippen molar-refractivity contribution in [3.63, 3.8) is 0 Å². The van der Waals surface area contributed by atoms with Gasteiger partial charge < -0.3 is 10.2 Å². The number of hydrogen-bond acceptors (Lipinski definition) is 7. The van der Waals surface area contributed by atoms with E-state index in [-0.39, 0.29) is 17.3 Å². The van der Waals surface area contributed by atoms with Crippen LogP contribution in [-0.2, 0) is 0 Å². The third-order valence-electron chi connectivity index (χ3n) is 2.80. The molecule has 0 saturated carbocycles. The van der Waals surface area contributed by atoms with Crippen LogP contribution in [0.5, 0.6) is 5.75 Å². The molecule has 0 amide bonds. The molecular weight excluding hydrogens is 276 g/mol. The van der Waals surface area contributed by atoms with Gasteiger partial charge in [-0.2, -0.15) is 0 Å². The number of rotatable bonds is 3. The second-order valence-electron chi connectivity index (χ2n) is 4.10. The van der Waals surface area contributed by atoms with Crippen molar-refractivity contribution in [1.29, 1.82) is 0 Å². The Hall–Kier alpha value is -3.29. The predicted octanol–water partition coefficient (Wildman–Crippen LogP) is 3.04. The SMILES string of the molecule is O=C(O)c1nonc1N=Nc1c(O)ccc2ccccc12. The smallest absolute Gasteiger partial charge is 0.362 e. The normalized spacial score (nSPS) is 11.2. The second kappa shape index (κ2) is 5.00. The Balaban J connectivity index is 2.09. The molecule has 0 bridgehead atoms. The third-order valence-corrected chi connectivity index (χ3v) is 2.80. The van der Waals surface area contributed by atoms with Crippen molar-refractivity contribution >= 4 is 28.2 Å². The van der Waals surface area contributed by atoms with Crippen molar-refractivity contribution in [3.8, 4) is 5.75 Å². The van der Waals surface area contributed by atoms with Crippen molar-refractivity contribution in [1.82, 2.24) is 10.3 Å². The summed E-state index contributed by atoms with van der Waals surface area (Å²) in [5, 5.41) is 34.4. The minimum absolute atomic E-state index is 0.0780. The Bertz CT molecular complexity index is 856. The van der Waals surface area contributed by atoms with Gasteiger partial charge in [0, 0.05) is 5.39 Å². The Morgan fingerprint density at radius 2 is 1.90 bits per heavy atom. The summed E-state index contributed by atoms with van der Waals surface area (Å²) in [6.07, 6.45) is 0. The van der Waals surface area contributed by atoms with Crippen LogP contribution in [0.3, 0.4) is 0 Å². The molecule has 21 heavy (non-hydrogen) atoms. The number of benzene rings is 2. The molecule has 104 valence electrons. The molecule has 3 rings (SSSR count). The lowest BCUT2D eigenvalue weighted by molar-refractivity contribution is 0.0685. The zero-order valence-corrected chi connectivity index (χ0v) is 10.5. The molecule has 1 heterocycles. The van der Waals surface area contributed by atoms with Gasteiger partial charge in [0.1, 0.15) is 11.4 Å². The highest BCUT2D eigenvalue weighted by Gasteiger charge is 2.17.